The summed E-state index contributed by atoms with van der Waals surface area (Å²) >= 11 is 0. The van der Waals surface area contributed by atoms with Crippen molar-refractivity contribution in [3.8, 4) is 0 Å². The van der Waals surface area contributed by atoms with Gasteiger partial charge in [-0.15, -0.1) is 0 Å². The molecule has 76 heavy (non-hydrogen) atoms. The molecular formula is C67H93NO6P2. The third-order valence-corrected chi connectivity index (χ3v) is 17.5. The van der Waals surface area contributed by atoms with E-state index in [-0.39, 0.29) is 43.3 Å². The Morgan fingerprint density at radius 2 is 0.618 bits per heavy atom. The van der Waals surface area contributed by atoms with Crippen molar-refractivity contribution in [3.05, 3.63) is 129 Å². The fraction of sp³-hybridized carbons (Fsp3) is 0.552. The first kappa shape index (κ1) is 57.9. The lowest BCUT2D eigenvalue weighted by molar-refractivity contribution is 0.149. The van der Waals surface area contributed by atoms with E-state index in [0.29, 0.717) is 13.1 Å². The lowest BCUT2D eigenvalue weighted by Gasteiger charge is -2.27. The molecule has 412 valence electrons. The molecule has 9 heteroatoms. The molecule has 0 N–H and O–H groups in total. The van der Waals surface area contributed by atoms with Crippen molar-refractivity contribution in [2.24, 2.45) is 0 Å². The van der Waals surface area contributed by atoms with Gasteiger partial charge in [0.25, 0.3) is 0 Å². The van der Waals surface area contributed by atoms with E-state index in [4.69, 9.17) is 25.8 Å². The van der Waals surface area contributed by atoms with Crippen molar-refractivity contribution in [2.45, 2.75) is 228 Å². The zero-order valence-electron chi connectivity index (χ0n) is 51.1. The minimum absolute atomic E-state index is 0.120. The van der Waals surface area contributed by atoms with E-state index in [1.165, 1.54) is 27.8 Å². The molecule has 0 saturated carbocycles. The number of hydrogen-bond acceptors (Lipinski definition) is 7. The molecule has 1 aliphatic rings. The second-order valence-corrected chi connectivity index (χ2v) is 32.4. The SMILES string of the molecule is CC(C)(C)c1cc(C(C)(C)C)c2op(O[C@H]3CN(Cc4ccccc4)C[C@@H]3Op3oc4c(C(C)(C)C)cc(C(C)(C)C)cc4c4cc(C(C)(C)C)cc(C(C)(C)C)c4o3)oc3c(C(C)(C)C)cc(C(C)(C)C)cc3c2c1. The van der Waals surface area contributed by atoms with Crippen LogP contribution in [0.1, 0.15) is 216 Å². The summed E-state index contributed by atoms with van der Waals surface area (Å²) < 4.78 is 44.6. The van der Waals surface area contributed by atoms with Crippen molar-refractivity contribution < 1.29 is 25.8 Å². The van der Waals surface area contributed by atoms with Crippen LogP contribution in [0, 0.1) is 0 Å². The van der Waals surface area contributed by atoms with Gasteiger partial charge in [-0.2, -0.15) is 0 Å². The monoisotopic (exact) mass is 1070 g/mol. The highest BCUT2D eigenvalue weighted by Gasteiger charge is 2.40. The average Bonchev–Trinajstić information content (AvgIpc) is 3.43. The molecule has 5 aromatic carbocycles. The van der Waals surface area contributed by atoms with Crippen molar-refractivity contribution in [3.63, 3.8) is 0 Å². The summed E-state index contributed by atoms with van der Waals surface area (Å²) in [5.74, 6) is 0. The summed E-state index contributed by atoms with van der Waals surface area (Å²) in [6, 6.07) is 29.5. The van der Waals surface area contributed by atoms with Gasteiger partial charge >= 0.3 is 16.5 Å². The quantitative estimate of drug-likeness (QED) is 0.164. The van der Waals surface area contributed by atoms with Gasteiger partial charge in [0, 0.05) is 63.4 Å². The van der Waals surface area contributed by atoms with E-state index in [0.717, 1.165) is 72.7 Å². The maximum atomic E-state index is 7.48. The smallest absolute Gasteiger partial charge is 0.387 e. The molecular weight excluding hydrogens is 977 g/mol. The first-order valence-electron chi connectivity index (χ1n) is 27.9. The lowest BCUT2D eigenvalue weighted by atomic mass is 9.77. The van der Waals surface area contributed by atoms with Crippen LogP contribution < -0.4 is 9.05 Å². The number of nitrogens with zero attached hydrogens (tertiary/aromatic N) is 1. The molecule has 0 radical (unpaired) electrons. The predicted molar refractivity (Wildman–Crippen MR) is 325 cm³/mol. The van der Waals surface area contributed by atoms with Crippen molar-refractivity contribution in [1.29, 1.82) is 0 Å². The van der Waals surface area contributed by atoms with Crippen LogP contribution in [0.4, 0.5) is 0 Å². The van der Waals surface area contributed by atoms with Crippen LogP contribution in [0.2, 0.25) is 0 Å². The Kier molecular flexibility index (Phi) is 15.1. The third-order valence-electron chi connectivity index (χ3n) is 15.3. The summed E-state index contributed by atoms with van der Waals surface area (Å²) in [6.45, 7) is 56.7. The molecule has 0 spiro atoms. The summed E-state index contributed by atoms with van der Waals surface area (Å²) in [7, 11) is -4.11. The van der Waals surface area contributed by atoms with E-state index < -0.39 is 28.7 Å². The Morgan fingerprint density at radius 1 is 0.368 bits per heavy atom. The second kappa shape index (κ2) is 19.8. The number of benzene rings is 5. The summed E-state index contributed by atoms with van der Waals surface area (Å²) in [6.07, 6.45) is -0.961. The van der Waals surface area contributed by atoms with Crippen LogP contribution >= 0.6 is 16.5 Å². The Morgan fingerprint density at radius 3 is 0.842 bits per heavy atom. The lowest BCUT2D eigenvalue weighted by Crippen LogP contribution is -2.33. The van der Waals surface area contributed by atoms with E-state index in [9.17, 15) is 0 Å². The highest BCUT2D eigenvalue weighted by Crippen LogP contribution is 2.49. The normalized spacial score (nSPS) is 16.9. The number of fused-ring (bicyclic) bond motifs is 6. The number of rotatable bonds is 6. The molecule has 0 aliphatic carbocycles. The van der Waals surface area contributed by atoms with Crippen LogP contribution in [-0.2, 0) is 49.9 Å². The van der Waals surface area contributed by atoms with E-state index in [1.54, 1.807) is 0 Å². The molecule has 1 saturated heterocycles. The van der Waals surface area contributed by atoms with E-state index >= 15 is 0 Å². The molecule has 7 nitrogen and oxygen atoms in total. The molecule has 3 heterocycles. The first-order valence-corrected chi connectivity index (χ1v) is 30.1. The fourth-order valence-electron chi connectivity index (χ4n) is 10.3. The van der Waals surface area contributed by atoms with Gasteiger partial charge in [-0.25, -0.2) is 0 Å². The second-order valence-electron chi connectivity index (χ2n) is 30.4. The third kappa shape index (κ3) is 12.3. The van der Waals surface area contributed by atoms with Crippen molar-refractivity contribution in [1.82, 2.24) is 4.90 Å². The summed E-state index contributed by atoms with van der Waals surface area (Å²) in [4.78, 5) is 2.42. The van der Waals surface area contributed by atoms with Crippen LogP contribution in [0.25, 0.3) is 43.9 Å². The molecule has 0 bridgehead atoms. The summed E-state index contributed by atoms with van der Waals surface area (Å²) in [5, 5.41) is 4.16. The minimum Gasteiger partial charge on any atom is -0.399 e. The molecule has 1 fully saturated rings. The van der Waals surface area contributed by atoms with Crippen molar-refractivity contribution >= 4 is 60.4 Å². The molecule has 2 atom stereocenters. The van der Waals surface area contributed by atoms with E-state index in [1.807, 2.05) is 0 Å². The Bertz CT molecular complexity index is 2980. The van der Waals surface area contributed by atoms with Gasteiger partial charge in [-0.1, -0.05) is 221 Å². The molecule has 2 aromatic heterocycles. The topological polar surface area (TPSA) is 74.3 Å². The maximum absolute atomic E-state index is 7.48. The van der Waals surface area contributed by atoms with Crippen LogP contribution in [0.15, 0.2) is 95.6 Å². The Balaban J connectivity index is 1.42. The van der Waals surface area contributed by atoms with Gasteiger partial charge in [0.15, 0.2) is 0 Å². The number of hydrogen-bond donors (Lipinski definition) is 0. The van der Waals surface area contributed by atoms with E-state index in [2.05, 4.69) is 250 Å². The molecule has 0 unspecified atom stereocenters. The van der Waals surface area contributed by atoms with Crippen LogP contribution in [0.3, 0.4) is 0 Å². The summed E-state index contributed by atoms with van der Waals surface area (Å²) in [5.41, 5.74) is 12.4. The molecule has 8 rings (SSSR count). The zero-order chi connectivity index (χ0) is 56.3. The van der Waals surface area contributed by atoms with Gasteiger partial charge in [0.2, 0.25) is 0 Å². The van der Waals surface area contributed by atoms with Crippen LogP contribution in [0.5, 0.6) is 0 Å². The van der Waals surface area contributed by atoms with Gasteiger partial charge in [0.1, 0.15) is 34.5 Å². The van der Waals surface area contributed by atoms with Gasteiger partial charge in [-0.3, -0.25) is 13.9 Å². The first-order chi connectivity index (χ1) is 34.7. The standard InChI is InChI=1S/C67H93NO6P2/c1-60(2,3)42-30-46-47-31-43(61(4,5)6)35-51(65(16,17)18)57(47)72-75(71-56(46)50(34-42)64(13,14)15)69-54-39-68(38-41-28-26-25-27-29-41)40-55(54)70-76-73-58-48(32-44(62(7,8)9)36-52(58)66(19,20)21)49-33-45(63(10,11)12)37-53(59(49)74-76)67(22,23)24/h25-37,54-55H,38-40H2,1-24H3/t54-,55-/m0/s1. The Labute approximate surface area is 459 Å². The number of likely N-dealkylation sites (tertiary alicyclic amines) is 1. The van der Waals surface area contributed by atoms with Crippen LogP contribution in [-0.4, -0.2) is 30.2 Å². The van der Waals surface area contributed by atoms with Gasteiger partial charge < -0.3 is 16.8 Å². The molecule has 0 amide bonds. The molecule has 7 aromatic rings. The highest BCUT2D eigenvalue weighted by atomic mass is 31.1. The Hall–Kier alpha value is -4.22. The average molecular weight is 1070 g/mol. The fourth-order valence-corrected chi connectivity index (χ4v) is 12.8. The van der Waals surface area contributed by atoms with Crippen molar-refractivity contribution in [2.75, 3.05) is 13.1 Å². The molecule has 1 aliphatic heterocycles. The highest BCUT2D eigenvalue weighted by molar-refractivity contribution is 7.32. The predicted octanol–water partition coefficient (Wildman–Crippen LogP) is 20.1. The largest absolute Gasteiger partial charge is 0.399 e. The minimum atomic E-state index is -2.05. The zero-order valence-corrected chi connectivity index (χ0v) is 52.9. The maximum Gasteiger partial charge on any atom is 0.387 e. The van der Waals surface area contributed by atoms with Gasteiger partial charge in [0.05, 0.1) is 0 Å². The van der Waals surface area contributed by atoms with Gasteiger partial charge in [-0.05, 0) is 95.4 Å².